The molecule has 0 saturated carbocycles. The zero-order chi connectivity index (χ0) is 20.1. The summed E-state index contributed by atoms with van der Waals surface area (Å²) in [6, 6.07) is 10.4. The van der Waals surface area contributed by atoms with Crippen LogP contribution in [0.25, 0.3) is 11.5 Å². The van der Waals surface area contributed by atoms with Crippen molar-refractivity contribution in [2.24, 2.45) is 0 Å². The van der Waals surface area contributed by atoms with Crippen LogP contribution in [0.1, 0.15) is 38.1 Å². The van der Waals surface area contributed by atoms with Crippen LogP contribution in [-0.4, -0.2) is 44.1 Å². The largest absolute Gasteiger partial charge is 0.367 e. The lowest BCUT2D eigenvalue weighted by atomic mass is 10.0. The number of anilines is 2. The lowest BCUT2D eigenvalue weighted by molar-refractivity contribution is 0.522. The van der Waals surface area contributed by atoms with E-state index in [1.54, 1.807) is 12.5 Å². The van der Waals surface area contributed by atoms with E-state index < -0.39 is 0 Å². The van der Waals surface area contributed by atoms with E-state index in [0.29, 0.717) is 11.9 Å². The Morgan fingerprint density at radius 1 is 0.966 bits per heavy atom. The third-order valence-electron chi connectivity index (χ3n) is 5.28. The fourth-order valence-corrected chi connectivity index (χ4v) is 3.58. The van der Waals surface area contributed by atoms with Gasteiger partial charge in [-0.05, 0) is 37.8 Å². The molecule has 7 heteroatoms. The third kappa shape index (κ3) is 4.67. The number of aromatic nitrogens is 5. The van der Waals surface area contributed by atoms with Gasteiger partial charge >= 0.3 is 0 Å². The van der Waals surface area contributed by atoms with Crippen LogP contribution in [0.5, 0.6) is 0 Å². The number of hydrogen-bond acceptors (Lipinski definition) is 7. The Morgan fingerprint density at radius 2 is 1.79 bits per heavy atom. The van der Waals surface area contributed by atoms with Gasteiger partial charge in [-0.3, -0.25) is 4.98 Å². The predicted octanol–water partition coefficient (Wildman–Crippen LogP) is 3.53. The second kappa shape index (κ2) is 8.94. The quantitative estimate of drug-likeness (QED) is 0.691. The first kappa shape index (κ1) is 19.2. The van der Waals surface area contributed by atoms with Gasteiger partial charge in [-0.15, -0.1) is 0 Å². The summed E-state index contributed by atoms with van der Waals surface area (Å²) in [7, 11) is 0. The summed E-state index contributed by atoms with van der Waals surface area (Å²) in [6.07, 6.45) is 7.32. The number of aryl methyl sites for hydroxylation is 2. The molecule has 7 nitrogen and oxygen atoms in total. The molecule has 0 spiro atoms. The minimum atomic E-state index is 0.384. The Morgan fingerprint density at radius 3 is 2.52 bits per heavy atom. The summed E-state index contributed by atoms with van der Waals surface area (Å²) < 4.78 is 0. The van der Waals surface area contributed by atoms with Crippen LogP contribution < -0.4 is 10.2 Å². The molecule has 4 heterocycles. The molecule has 0 unspecified atom stereocenters. The Bertz CT molecular complexity index is 937. The Kier molecular flexibility index (Phi) is 5.93. The van der Waals surface area contributed by atoms with Gasteiger partial charge in [0.25, 0.3) is 0 Å². The van der Waals surface area contributed by atoms with Crippen molar-refractivity contribution in [2.45, 2.75) is 45.6 Å². The van der Waals surface area contributed by atoms with Crippen molar-refractivity contribution in [1.29, 1.82) is 0 Å². The van der Waals surface area contributed by atoms with Gasteiger partial charge in [0.2, 0.25) is 0 Å². The Labute approximate surface area is 171 Å². The molecule has 4 rings (SSSR count). The van der Waals surface area contributed by atoms with E-state index in [-0.39, 0.29) is 0 Å². The number of piperidine rings is 1. The van der Waals surface area contributed by atoms with E-state index in [0.717, 1.165) is 67.5 Å². The SMILES string of the molecule is CCc1cc(N2CCC(Nc3cc(CC)nc(-c4ccccn4)n3)CC2)ncn1. The van der Waals surface area contributed by atoms with E-state index in [4.69, 9.17) is 4.98 Å². The van der Waals surface area contributed by atoms with Crippen molar-refractivity contribution in [2.75, 3.05) is 23.3 Å². The Hall–Kier alpha value is -3.09. The average molecular weight is 390 g/mol. The number of rotatable bonds is 6. The van der Waals surface area contributed by atoms with Crippen molar-refractivity contribution in [1.82, 2.24) is 24.9 Å². The molecule has 0 radical (unpaired) electrons. The van der Waals surface area contributed by atoms with Crippen molar-refractivity contribution >= 4 is 11.6 Å². The predicted molar refractivity (Wildman–Crippen MR) is 115 cm³/mol. The number of nitrogens with one attached hydrogen (secondary N) is 1. The van der Waals surface area contributed by atoms with Crippen LogP contribution in [0.4, 0.5) is 11.6 Å². The van der Waals surface area contributed by atoms with Crippen LogP contribution in [0.3, 0.4) is 0 Å². The summed E-state index contributed by atoms with van der Waals surface area (Å²) >= 11 is 0. The van der Waals surface area contributed by atoms with Crippen LogP contribution in [0.15, 0.2) is 42.9 Å². The topological polar surface area (TPSA) is 79.7 Å². The first-order valence-corrected chi connectivity index (χ1v) is 10.4. The minimum Gasteiger partial charge on any atom is -0.367 e. The van der Waals surface area contributed by atoms with Crippen molar-refractivity contribution in [3.05, 3.63) is 54.2 Å². The maximum absolute atomic E-state index is 4.73. The van der Waals surface area contributed by atoms with Crippen LogP contribution >= 0.6 is 0 Å². The van der Waals surface area contributed by atoms with Gasteiger partial charge in [0.15, 0.2) is 5.82 Å². The molecule has 3 aromatic heterocycles. The number of pyridine rings is 1. The molecule has 1 saturated heterocycles. The number of hydrogen-bond donors (Lipinski definition) is 1. The van der Waals surface area contributed by atoms with E-state index in [1.807, 2.05) is 18.2 Å². The average Bonchev–Trinajstić information content (AvgIpc) is 2.80. The fraction of sp³-hybridized carbons (Fsp3) is 0.409. The van der Waals surface area contributed by atoms with Crippen LogP contribution in [0.2, 0.25) is 0 Å². The summed E-state index contributed by atoms with van der Waals surface area (Å²) in [6.45, 7) is 6.17. The van der Waals surface area contributed by atoms with Crippen molar-refractivity contribution in [3.8, 4) is 11.5 Å². The second-order valence-electron chi connectivity index (χ2n) is 7.26. The van der Waals surface area contributed by atoms with Gasteiger partial charge in [-0.1, -0.05) is 19.9 Å². The molecule has 1 N–H and O–H groups in total. The number of nitrogens with zero attached hydrogens (tertiary/aromatic N) is 6. The van der Waals surface area contributed by atoms with E-state index in [2.05, 4.69) is 56.1 Å². The van der Waals surface area contributed by atoms with Gasteiger partial charge < -0.3 is 10.2 Å². The highest BCUT2D eigenvalue weighted by molar-refractivity contribution is 5.53. The molecule has 29 heavy (non-hydrogen) atoms. The zero-order valence-electron chi connectivity index (χ0n) is 17.0. The van der Waals surface area contributed by atoms with E-state index >= 15 is 0 Å². The minimum absolute atomic E-state index is 0.384. The Balaban J connectivity index is 1.44. The summed E-state index contributed by atoms with van der Waals surface area (Å²) in [5.74, 6) is 2.59. The molecular weight excluding hydrogens is 362 g/mol. The second-order valence-corrected chi connectivity index (χ2v) is 7.26. The van der Waals surface area contributed by atoms with Crippen LogP contribution in [-0.2, 0) is 12.8 Å². The zero-order valence-corrected chi connectivity index (χ0v) is 17.0. The summed E-state index contributed by atoms with van der Waals surface area (Å²) in [4.78, 5) is 24.9. The van der Waals surface area contributed by atoms with Gasteiger partial charge in [-0.25, -0.2) is 19.9 Å². The van der Waals surface area contributed by atoms with E-state index in [9.17, 15) is 0 Å². The first-order chi connectivity index (χ1) is 14.2. The van der Waals surface area contributed by atoms with Crippen molar-refractivity contribution in [3.63, 3.8) is 0 Å². The normalized spacial score (nSPS) is 14.8. The van der Waals surface area contributed by atoms with Crippen molar-refractivity contribution < 1.29 is 0 Å². The molecule has 1 aliphatic rings. The lowest BCUT2D eigenvalue weighted by Crippen LogP contribution is -2.39. The van der Waals surface area contributed by atoms with Gasteiger partial charge in [-0.2, -0.15) is 0 Å². The molecule has 1 aliphatic heterocycles. The standard InChI is InChI=1S/C22H27N7/c1-3-16-14-21(25-15-24-16)29-11-8-18(9-12-29)26-20-13-17(4-2)27-22(28-20)19-7-5-6-10-23-19/h5-7,10,13-15,18H,3-4,8-9,11-12H2,1-2H3,(H,26,27,28). The van der Waals surface area contributed by atoms with Crippen LogP contribution in [0, 0.1) is 0 Å². The van der Waals surface area contributed by atoms with Gasteiger partial charge in [0, 0.05) is 48.8 Å². The maximum atomic E-state index is 4.73. The molecule has 1 fully saturated rings. The highest BCUT2D eigenvalue weighted by Crippen LogP contribution is 2.22. The molecule has 0 aromatic carbocycles. The highest BCUT2D eigenvalue weighted by Gasteiger charge is 2.21. The smallest absolute Gasteiger partial charge is 0.180 e. The summed E-state index contributed by atoms with van der Waals surface area (Å²) in [5, 5.41) is 3.62. The first-order valence-electron chi connectivity index (χ1n) is 10.4. The van der Waals surface area contributed by atoms with E-state index in [1.165, 1.54) is 0 Å². The summed E-state index contributed by atoms with van der Waals surface area (Å²) in [5.41, 5.74) is 2.91. The fourth-order valence-electron chi connectivity index (χ4n) is 3.58. The lowest BCUT2D eigenvalue weighted by Gasteiger charge is -2.33. The molecule has 0 bridgehead atoms. The molecule has 0 aliphatic carbocycles. The molecule has 0 atom stereocenters. The highest BCUT2D eigenvalue weighted by atomic mass is 15.2. The monoisotopic (exact) mass is 389 g/mol. The molecular formula is C22H27N7. The van der Waals surface area contributed by atoms with Gasteiger partial charge in [0.1, 0.15) is 23.7 Å². The molecule has 3 aromatic rings. The molecule has 0 amide bonds. The molecule has 150 valence electrons. The van der Waals surface area contributed by atoms with Gasteiger partial charge in [0.05, 0.1) is 0 Å². The maximum Gasteiger partial charge on any atom is 0.180 e. The third-order valence-corrected chi connectivity index (χ3v) is 5.28.